The van der Waals surface area contributed by atoms with Crippen molar-refractivity contribution in [1.82, 2.24) is 0 Å². The lowest BCUT2D eigenvalue weighted by molar-refractivity contribution is 0.719. The molecule has 2 heteroatoms. The molecule has 1 spiro atoms. The van der Waals surface area contributed by atoms with E-state index in [9.17, 15) is 0 Å². The second-order valence-corrected chi connectivity index (χ2v) is 14.9. The first-order chi connectivity index (χ1) is 28.3. The van der Waals surface area contributed by atoms with Gasteiger partial charge in [-0.25, -0.2) is 0 Å². The number of hydrogen-bond acceptors (Lipinski definition) is 2. The van der Waals surface area contributed by atoms with Gasteiger partial charge in [0, 0.05) is 11.4 Å². The van der Waals surface area contributed by atoms with Crippen LogP contribution in [-0.4, -0.2) is 0 Å². The van der Waals surface area contributed by atoms with Crippen molar-refractivity contribution in [1.29, 1.82) is 0 Å². The van der Waals surface area contributed by atoms with Crippen molar-refractivity contribution in [3.8, 4) is 33.4 Å². The van der Waals surface area contributed by atoms with Gasteiger partial charge in [-0.2, -0.15) is 0 Å². The highest BCUT2D eigenvalue weighted by Gasteiger charge is 2.51. The molecular formula is C55H38N2. The number of benzene rings is 9. The van der Waals surface area contributed by atoms with Crippen molar-refractivity contribution in [3.05, 3.63) is 253 Å². The Hall–Kier alpha value is -7.42. The molecule has 9 aromatic carbocycles. The van der Waals surface area contributed by atoms with Crippen LogP contribution >= 0.6 is 0 Å². The van der Waals surface area contributed by atoms with E-state index in [0.29, 0.717) is 0 Å². The summed E-state index contributed by atoms with van der Waals surface area (Å²) >= 11 is 0. The molecule has 0 fully saturated rings. The first-order valence-electron chi connectivity index (χ1n) is 19.7. The molecule has 9 aromatic rings. The number of fused-ring (bicyclic) bond motifs is 8. The lowest BCUT2D eigenvalue weighted by Gasteiger charge is -2.51. The summed E-state index contributed by atoms with van der Waals surface area (Å²) in [6, 6.07) is 84.4. The molecule has 0 atom stereocenters. The lowest BCUT2D eigenvalue weighted by atomic mass is 9.60. The van der Waals surface area contributed by atoms with Crippen LogP contribution in [0.15, 0.2) is 231 Å². The number of nitrogens with zero attached hydrogens (tertiary/aromatic N) is 2. The molecule has 0 radical (unpaired) electrons. The first-order valence-corrected chi connectivity index (χ1v) is 19.7. The van der Waals surface area contributed by atoms with Crippen LogP contribution in [0, 0.1) is 0 Å². The van der Waals surface area contributed by atoms with Crippen molar-refractivity contribution < 1.29 is 0 Å². The first kappa shape index (κ1) is 33.0. The minimum absolute atomic E-state index is 0.627. The predicted molar refractivity (Wildman–Crippen MR) is 238 cm³/mol. The van der Waals surface area contributed by atoms with Crippen molar-refractivity contribution in [3.63, 3.8) is 0 Å². The molecule has 0 N–H and O–H groups in total. The van der Waals surface area contributed by atoms with Crippen molar-refractivity contribution in [2.45, 2.75) is 5.41 Å². The summed E-state index contributed by atoms with van der Waals surface area (Å²) in [5.74, 6) is 0. The van der Waals surface area contributed by atoms with E-state index >= 15 is 0 Å². The number of anilines is 6. The lowest BCUT2D eigenvalue weighted by Crippen LogP contribution is -2.42. The quantitative estimate of drug-likeness (QED) is 0.174. The van der Waals surface area contributed by atoms with Crippen LogP contribution in [0.3, 0.4) is 0 Å². The van der Waals surface area contributed by atoms with Crippen LogP contribution in [-0.2, 0) is 5.41 Å². The van der Waals surface area contributed by atoms with E-state index in [1.807, 2.05) is 0 Å². The smallest absolute Gasteiger partial charge is 0.0783 e. The van der Waals surface area contributed by atoms with Crippen LogP contribution in [0.4, 0.5) is 34.1 Å². The highest BCUT2D eigenvalue weighted by molar-refractivity contribution is 5.97. The average molecular weight is 727 g/mol. The molecule has 0 saturated heterocycles. The fourth-order valence-electron chi connectivity index (χ4n) is 9.37. The normalized spacial score (nSPS) is 13.3. The summed E-state index contributed by atoms with van der Waals surface area (Å²) in [6.07, 6.45) is 0. The van der Waals surface area contributed by atoms with E-state index in [0.717, 1.165) is 11.4 Å². The molecule has 0 aromatic heterocycles. The second kappa shape index (κ2) is 13.4. The van der Waals surface area contributed by atoms with Crippen molar-refractivity contribution in [2.75, 3.05) is 9.80 Å². The fourth-order valence-corrected chi connectivity index (χ4v) is 9.37. The van der Waals surface area contributed by atoms with Gasteiger partial charge >= 0.3 is 0 Å². The Balaban J connectivity index is 1.19. The van der Waals surface area contributed by atoms with Crippen LogP contribution < -0.4 is 9.80 Å². The molecule has 2 nitrogen and oxygen atoms in total. The molecule has 2 aliphatic rings. The van der Waals surface area contributed by atoms with Gasteiger partial charge in [0.1, 0.15) is 0 Å². The third-order valence-corrected chi connectivity index (χ3v) is 11.8. The molecular weight excluding hydrogens is 689 g/mol. The standard InChI is InChI=1S/C55H38N2/c1-4-17-39(18-5-1)42-31-34-45(35-32-42)56-51-28-13-10-25-47(51)55(48-26-11-14-29-52(48)56)49-27-12-15-30-53(49)57(46-24-16-23-43(37-46)40-19-6-2-7-20-40)54-36-33-44(38-50(54)55)41-21-8-3-9-22-41/h1-38H. The molecule has 0 amide bonds. The summed E-state index contributed by atoms with van der Waals surface area (Å²) in [5, 5.41) is 0. The number of rotatable bonds is 5. The maximum atomic E-state index is 2.48. The van der Waals surface area contributed by atoms with Crippen LogP contribution in [0.2, 0.25) is 0 Å². The molecule has 2 heterocycles. The monoisotopic (exact) mass is 726 g/mol. The van der Waals surface area contributed by atoms with Crippen molar-refractivity contribution >= 4 is 34.1 Å². The Labute approximate surface area is 334 Å². The van der Waals surface area contributed by atoms with Gasteiger partial charge in [-0.05, 0) is 110 Å². The maximum Gasteiger partial charge on any atom is 0.0783 e. The minimum atomic E-state index is -0.627. The van der Waals surface area contributed by atoms with E-state index in [1.54, 1.807) is 0 Å². The van der Waals surface area contributed by atoms with E-state index in [-0.39, 0.29) is 0 Å². The van der Waals surface area contributed by atoms with Gasteiger partial charge in [0.15, 0.2) is 0 Å². The van der Waals surface area contributed by atoms with Gasteiger partial charge in [-0.3, -0.25) is 0 Å². The zero-order chi connectivity index (χ0) is 37.8. The number of para-hydroxylation sites is 3. The third-order valence-electron chi connectivity index (χ3n) is 11.8. The third kappa shape index (κ3) is 5.18. The van der Waals surface area contributed by atoms with Gasteiger partial charge in [0.2, 0.25) is 0 Å². The number of hydrogen-bond donors (Lipinski definition) is 0. The van der Waals surface area contributed by atoms with Gasteiger partial charge in [0.25, 0.3) is 0 Å². The summed E-state index contributed by atoms with van der Waals surface area (Å²) in [6.45, 7) is 0. The molecule has 0 unspecified atom stereocenters. The van der Waals surface area contributed by atoms with E-state index in [4.69, 9.17) is 0 Å². The van der Waals surface area contributed by atoms with Gasteiger partial charge in [-0.15, -0.1) is 0 Å². The Kier molecular flexibility index (Phi) is 7.75. The fraction of sp³-hybridized carbons (Fsp3) is 0.0182. The minimum Gasteiger partial charge on any atom is -0.310 e. The summed E-state index contributed by atoms with van der Waals surface area (Å²) < 4.78 is 0. The summed E-state index contributed by atoms with van der Waals surface area (Å²) in [4.78, 5) is 4.95. The van der Waals surface area contributed by atoms with Crippen LogP contribution in [0.25, 0.3) is 33.4 Å². The van der Waals surface area contributed by atoms with E-state index < -0.39 is 5.41 Å². The zero-order valence-electron chi connectivity index (χ0n) is 31.3. The molecule has 2 aliphatic heterocycles. The largest absolute Gasteiger partial charge is 0.310 e. The average Bonchev–Trinajstić information content (AvgIpc) is 3.30. The zero-order valence-corrected chi connectivity index (χ0v) is 31.3. The molecule has 11 rings (SSSR count). The maximum absolute atomic E-state index is 2.48. The van der Waals surface area contributed by atoms with Crippen LogP contribution in [0.1, 0.15) is 22.3 Å². The SMILES string of the molecule is c1ccc(-c2ccc(N3c4ccccc4C4(c5ccccc53)c3ccccc3N(c3cccc(-c5ccccc5)c3)c3ccc(-c5ccccc5)cc34)cc2)cc1. The Morgan fingerprint density at radius 2 is 0.596 bits per heavy atom. The van der Waals surface area contributed by atoms with Crippen molar-refractivity contribution in [2.24, 2.45) is 0 Å². The highest BCUT2D eigenvalue weighted by atomic mass is 15.2. The Morgan fingerprint density at radius 3 is 1.12 bits per heavy atom. The molecule has 0 bridgehead atoms. The molecule has 0 aliphatic carbocycles. The van der Waals surface area contributed by atoms with E-state index in [2.05, 4.69) is 240 Å². The highest BCUT2D eigenvalue weighted by Crippen LogP contribution is 2.64. The van der Waals surface area contributed by atoms with Gasteiger partial charge in [0.05, 0.1) is 28.2 Å². The van der Waals surface area contributed by atoms with Gasteiger partial charge in [-0.1, -0.05) is 176 Å². The van der Waals surface area contributed by atoms with Gasteiger partial charge < -0.3 is 9.80 Å². The molecule has 268 valence electrons. The molecule has 0 saturated carbocycles. The van der Waals surface area contributed by atoms with E-state index in [1.165, 1.54) is 78.4 Å². The second-order valence-electron chi connectivity index (χ2n) is 14.9. The predicted octanol–water partition coefficient (Wildman–Crippen LogP) is 14.6. The molecule has 57 heavy (non-hydrogen) atoms. The topological polar surface area (TPSA) is 6.48 Å². The summed E-state index contributed by atoms with van der Waals surface area (Å²) in [5.41, 5.74) is 18.6. The summed E-state index contributed by atoms with van der Waals surface area (Å²) in [7, 11) is 0. The Morgan fingerprint density at radius 1 is 0.228 bits per heavy atom. The van der Waals surface area contributed by atoms with Crippen LogP contribution in [0.5, 0.6) is 0 Å². The Bertz CT molecular complexity index is 2850.